The highest BCUT2D eigenvalue weighted by Crippen LogP contribution is 1.80. The van der Waals surface area contributed by atoms with E-state index in [0.717, 1.165) is 6.42 Å². The summed E-state index contributed by atoms with van der Waals surface area (Å²) in [4.78, 5) is 0. The summed E-state index contributed by atoms with van der Waals surface area (Å²) >= 11 is 0. The van der Waals surface area contributed by atoms with Crippen molar-refractivity contribution in [2.45, 2.75) is 13.3 Å². The maximum absolute atomic E-state index is 8.38. The molecule has 0 amide bonds. The molecule has 14 heavy (non-hydrogen) atoms. The third kappa shape index (κ3) is 10.3. The first kappa shape index (κ1) is 12.3. The zero-order valence-corrected chi connectivity index (χ0v) is 8.33. The van der Waals surface area contributed by atoms with Crippen LogP contribution in [0, 0.1) is 23.7 Å². The summed E-state index contributed by atoms with van der Waals surface area (Å²) in [5, 5.41) is 8.38. The standard InChI is InChI=1S/C13H14O/c1-2-3-4-5-6-7-8-9-10-11-12-13-14/h3-6,11-12,14H,2,13H2,1H3. The molecule has 0 saturated heterocycles. The Morgan fingerprint density at radius 1 is 1.00 bits per heavy atom. The highest BCUT2D eigenvalue weighted by atomic mass is 16.2. The first-order valence-electron chi connectivity index (χ1n) is 4.50. The lowest BCUT2D eigenvalue weighted by Gasteiger charge is -1.71. The summed E-state index contributed by atoms with van der Waals surface area (Å²) in [6.07, 6.45) is 11.8. The van der Waals surface area contributed by atoms with Gasteiger partial charge >= 0.3 is 0 Å². The lowest BCUT2D eigenvalue weighted by atomic mass is 10.4. The van der Waals surface area contributed by atoms with Gasteiger partial charge in [0.25, 0.3) is 0 Å². The number of aliphatic hydroxyl groups is 1. The molecule has 0 aromatic heterocycles. The number of aliphatic hydroxyl groups excluding tert-OH is 1. The third-order valence-electron chi connectivity index (χ3n) is 1.18. The fourth-order valence-electron chi connectivity index (χ4n) is 0.585. The van der Waals surface area contributed by atoms with E-state index in [1.165, 1.54) is 0 Å². The summed E-state index contributed by atoms with van der Waals surface area (Å²) in [5.74, 6) is 10.7. The van der Waals surface area contributed by atoms with Crippen LogP contribution >= 0.6 is 0 Å². The summed E-state index contributed by atoms with van der Waals surface area (Å²) in [6, 6.07) is 0. The van der Waals surface area contributed by atoms with E-state index in [2.05, 4.69) is 30.6 Å². The van der Waals surface area contributed by atoms with Gasteiger partial charge in [-0.15, -0.1) is 0 Å². The molecule has 72 valence electrons. The van der Waals surface area contributed by atoms with Crippen LogP contribution in [0.2, 0.25) is 0 Å². The van der Waals surface area contributed by atoms with Crippen LogP contribution in [0.15, 0.2) is 36.5 Å². The Kier molecular flexibility index (Phi) is 9.93. The van der Waals surface area contributed by atoms with E-state index < -0.39 is 0 Å². The molecule has 0 radical (unpaired) electrons. The van der Waals surface area contributed by atoms with E-state index in [1.807, 2.05) is 18.2 Å². The summed E-state index contributed by atoms with van der Waals surface area (Å²) in [7, 11) is 0. The zero-order chi connectivity index (χ0) is 10.5. The average molecular weight is 186 g/mol. The van der Waals surface area contributed by atoms with Crippen LogP contribution in [0.25, 0.3) is 0 Å². The molecule has 0 atom stereocenters. The van der Waals surface area contributed by atoms with Gasteiger partial charge in [-0.25, -0.2) is 0 Å². The van der Waals surface area contributed by atoms with Crippen LogP contribution in [0.1, 0.15) is 13.3 Å². The van der Waals surface area contributed by atoms with Gasteiger partial charge in [0, 0.05) is 0 Å². The predicted molar refractivity (Wildman–Crippen MR) is 60.3 cm³/mol. The molecule has 0 aromatic rings. The average Bonchev–Trinajstić information content (AvgIpc) is 2.21. The van der Waals surface area contributed by atoms with Crippen LogP contribution in [-0.2, 0) is 0 Å². The molecule has 0 spiro atoms. The van der Waals surface area contributed by atoms with Crippen molar-refractivity contribution in [1.82, 2.24) is 0 Å². The van der Waals surface area contributed by atoms with Crippen LogP contribution in [0.5, 0.6) is 0 Å². The van der Waals surface area contributed by atoms with E-state index in [0.29, 0.717) is 0 Å². The molecule has 0 saturated carbocycles. The Morgan fingerprint density at radius 2 is 1.71 bits per heavy atom. The molecule has 0 bridgehead atoms. The first-order valence-corrected chi connectivity index (χ1v) is 4.50. The Balaban J connectivity index is 3.81. The van der Waals surface area contributed by atoms with Crippen LogP contribution in [0.4, 0.5) is 0 Å². The second-order valence-corrected chi connectivity index (χ2v) is 2.32. The fourth-order valence-corrected chi connectivity index (χ4v) is 0.585. The second kappa shape index (κ2) is 11.3. The normalized spacial score (nSPS) is 10.1. The maximum Gasteiger partial charge on any atom is 0.0621 e. The van der Waals surface area contributed by atoms with Gasteiger partial charge in [-0.2, -0.15) is 0 Å². The number of allylic oxidation sites excluding steroid dienone is 5. The minimum absolute atomic E-state index is 0.0177. The van der Waals surface area contributed by atoms with Crippen LogP contribution in [0.3, 0.4) is 0 Å². The summed E-state index contributed by atoms with van der Waals surface area (Å²) in [5.41, 5.74) is 0. The van der Waals surface area contributed by atoms with Crippen molar-refractivity contribution in [3.8, 4) is 23.7 Å². The van der Waals surface area contributed by atoms with Gasteiger partial charge in [-0.1, -0.05) is 43.1 Å². The van der Waals surface area contributed by atoms with Crippen LogP contribution < -0.4 is 0 Å². The van der Waals surface area contributed by atoms with Crippen molar-refractivity contribution in [1.29, 1.82) is 0 Å². The topological polar surface area (TPSA) is 20.2 Å². The minimum atomic E-state index is 0.0177. The first-order chi connectivity index (χ1) is 6.91. The van der Waals surface area contributed by atoms with E-state index in [4.69, 9.17) is 5.11 Å². The van der Waals surface area contributed by atoms with Gasteiger partial charge in [-0.3, -0.25) is 0 Å². The molecule has 0 heterocycles. The van der Waals surface area contributed by atoms with Crippen molar-refractivity contribution in [2.75, 3.05) is 6.61 Å². The zero-order valence-electron chi connectivity index (χ0n) is 8.33. The molecule has 0 unspecified atom stereocenters. The van der Waals surface area contributed by atoms with Crippen molar-refractivity contribution in [3.63, 3.8) is 0 Å². The van der Waals surface area contributed by atoms with Crippen LogP contribution in [-0.4, -0.2) is 11.7 Å². The smallest absolute Gasteiger partial charge is 0.0621 e. The number of hydrogen-bond donors (Lipinski definition) is 1. The monoisotopic (exact) mass is 186 g/mol. The molecular formula is C13H14O. The molecule has 0 rings (SSSR count). The molecule has 0 aliphatic rings. The molecule has 0 aliphatic carbocycles. The number of hydrogen-bond acceptors (Lipinski definition) is 1. The minimum Gasteiger partial charge on any atom is -0.392 e. The molecule has 1 nitrogen and oxygen atoms in total. The largest absolute Gasteiger partial charge is 0.392 e. The van der Waals surface area contributed by atoms with E-state index >= 15 is 0 Å². The SMILES string of the molecule is CCC=CC=CC#CC#CC=CCO. The van der Waals surface area contributed by atoms with Crippen molar-refractivity contribution in [3.05, 3.63) is 36.5 Å². The van der Waals surface area contributed by atoms with Gasteiger partial charge in [0.15, 0.2) is 0 Å². The Hall–Kier alpha value is -1.70. The highest BCUT2D eigenvalue weighted by molar-refractivity contribution is 5.34. The Bertz CT molecular complexity index is 324. The number of rotatable bonds is 3. The quantitative estimate of drug-likeness (QED) is 0.528. The summed E-state index contributed by atoms with van der Waals surface area (Å²) in [6.45, 7) is 2.10. The molecular weight excluding hydrogens is 172 g/mol. The van der Waals surface area contributed by atoms with Gasteiger partial charge in [0.05, 0.1) is 6.61 Å². The molecule has 0 aliphatic heterocycles. The molecule has 1 N–H and O–H groups in total. The lowest BCUT2D eigenvalue weighted by Crippen LogP contribution is -1.67. The van der Waals surface area contributed by atoms with Crippen molar-refractivity contribution < 1.29 is 5.11 Å². The molecule has 1 heteroatoms. The Morgan fingerprint density at radius 3 is 2.36 bits per heavy atom. The fraction of sp³-hybridized carbons (Fsp3) is 0.231. The van der Waals surface area contributed by atoms with Gasteiger partial charge in [0.1, 0.15) is 0 Å². The van der Waals surface area contributed by atoms with E-state index in [-0.39, 0.29) is 6.61 Å². The third-order valence-corrected chi connectivity index (χ3v) is 1.18. The van der Waals surface area contributed by atoms with Crippen molar-refractivity contribution in [2.24, 2.45) is 0 Å². The van der Waals surface area contributed by atoms with Gasteiger partial charge in [-0.05, 0) is 30.4 Å². The van der Waals surface area contributed by atoms with E-state index in [9.17, 15) is 0 Å². The molecule has 0 fully saturated rings. The Labute approximate surface area is 85.8 Å². The van der Waals surface area contributed by atoms with Gasteiger partial charge in [0.2, 0.25) is 0 Å². The lowest BCUT2D eigenvalue weighted by molar-refractivity contribution is 0.343. The maximum atomic E-state index is 8.38. The predicted octanol–water partition coefficient (Wildman–Crippen LogP) is 2.06. The summed E-state index contributed by atoms with van der Waals surface area (Å²) < 4.78 is 0. The van der Waals surface area contributed by atoms with Crippen molar-refractivity contribution >= 4 is 0 Å². The highest BCUT2D eigenvalue weighted by Gasteiger charge is 1.62. The molecule has 0 aromatic carbocycles. The van der Waals surface area contributed by atoms with Gasteiger partial charge < -0.3 is 5.11 Å². The van der Waals surface area contributed by atoms with E-state index in [1.54, 1.807) is 18.2 Å². The second-order valence-electron chi connectivity index (χ2n) is 2.32.